The molecule has 0 unspecified atom stereocenters. The lowest BCUT2D eigenvalue weighted by Gasteiger charge is -2.21. The van der Waals surface area contributed by atoms with Gasteiger partial charge in [0, 0.05) is 17.3 Å². The molecule has 2 rings (SSSR count). The van der Waals surface area contributed by atoms with Gasteiger partial charge in [-0.15, -0.1) is 0 Å². The van der Waals surface area contributed by atoms with Crippen molar-refractivity contribution < 1.29 is 9.59 Å². The molecule has 1 aromatic rings. The van der Waals surface area contributed by atoms with E-state index in [1.54, 1.807) is 10.8 Å². The number of carbonyl (C=O) groups excluding carboxylic acids is 2. The maximum Gasteiger partial charge on any atom is 0.262 e. The number of fused-ring (bicyclic) bond motifs is 1. The highest BCUT2D eigenvalue weighted by atomic mass is 32.1. The number of hydrogen-bond acceptors (Lipinski definition) is 3. The van der Waals surface area contributed by atoms with Crippen molar-refractivity contribution in [3.63, 3.8) is 0 Å². The molecule has 0 N–H and O–H groups in total. The van der Waals surface area contributed by atoms with Gasteiger partial charge in [-0.05, 0) is 12.3 Å². The summed E-state index contributed by atoms with van der Waals surface area (Å²) in [5.74, 6) is 0.225. The number of rotatable bonds is 6. The van der Waals surface area contributed by atoms with Gasteiger partial charge in [-0.1, -0.05) is 33.1 Å². The minimum Gasteiger partial charge on any atom is -0.274 e. The molecule has 1 aliphatic rings. The van der Waals surface area contributed by atoms with Crippen LogP contribution in [0.2, 0.25) is 0 Å². The molecule has 0 radical (unpaired) electrons. The Morgan fingerprint density at radius 2 is 1.78 bits per heavy atom. The number of hydrogen-bond donors (Lipinski definition) is 0. The van der Waals surface area contributed by atoms with Crippen LogP contribution in [0.4, 0.5) is 0 Å². The largest absolute Gasteiger partial charge is 0.274 e. The van der Waals surface area contributed by atoms with E-state index in [2.05, 4.69) is 13.8 Å². The smallest absolute Gasteiger partial charge is 0.262 e. The van der Waals surface area contributed by atoms with Crippen molar-refractivity contribution in [1.82, 2.24) is 4.90 Å². The Morgan fingerprint density at radius 3 is 2.28 bits per heavy atom. The average Bonchev–Trinajstić information content (AvgIpc) is 2.93. The lowest BCUT2D eigenvalue weighted by molar-refractivity contribution is 0.0624. The van der Waals surface area contributed by atoms with E-state index in [-0.39, 0.29) is 11.8 Å². The minimum absolute atomic E-state index is 0.105. The summed E-state index contributed by atoms with van der Waals surface area (Å²) in [5.41, 5.74) is 1.19. The molecule has 1 aromatic heterocycles. The SMILES string of the molecule is CCCC[C@@H](CC)CN1C(=O)c2cscc2C1=O. The first kappa shape index (κ1) is 13.3. The Labute approximate surface area is 112 Å². The van der Waals surface area contributed by atoms with Gasteiger partial charge in [0.05, 0.1) is 11.1 Å². The first-order valence-electron chi connectivity index (χ1n) is 6.61. The molecular formula is C14H19NO2S. The van der Waals surface area contributed by atoms with Crippen LogP contribution < -0.4 is 0 Å². The molecule has 0 saturated heterocycles. The number of thiophene rings is 1. The minimum atomic E-state index is -0.105. The lowest BCUT2D eigenvalue weighted by Crippen LogP contribution is -2.34. The van der Waals surface area contributed by atoms with Crippen LogP contribution in [0.1, 0.15) is 60.2 Å². The van der Waals surface area contributed by atoms with Crippen molar-refractivity contribution in [3.05, 3.63) is 21.9 Å². The standard InChI is InChI=1S/C14H19NO2S/c1-3-5-6-10(4-2)7-15-13(16)11-8-18-9-12(11)14(15)17/h8-10H,3-7H2,1-2H3/t10-/m1/s1. The second kappa shape index (κ2) is 5.65. The van der Waals surface area contributed by atoms with E-state index in [0.29, 0.717) is 23.6 Å². The van der Waals surface area contributed by atoms with Gasteiger partial charge >= 0.3 is 0 Å². The Balaban J connectivity index is 2.05. The molecule has 0 aliphatic carbocycles. The van der Waals surface area contributed by atoms with Crippen LogP contribution >= 0.6 is 11.3 Å². The molecular weight excluding hydrogens is 246 g/mol. The summed E-state index contributed by atoms with van der Waals surface area (Å²) in [5, 5.41) is 3.56. The molecule has 2 heterocycles. The normalized spacial score (nSPS) is 16.2. The van der Waals surface area contributed by atoms with E-state index in [9.17, 15) is 9.59 Å². The highest BCUT2D eigenvalue weighted by Gasteiger charge is 2.36. The maximum absolute atomic E-state index is 12.1. The van der Waals surface area contributed by atoms with Gasteiger partial charge in [-0.3, -0.25) is 14.5 Å². The molecule has 3 nitrogen and oxygen atoms in total. The van der Waals surface area contributed by atoms with E-state index in [1.807, 2.05) is 0 Å². The van der Waals surface area contributed by atoms with E-state index in [4.69, 9.17) is 0 Å². The highest BCUT2D eigenvalue weighted by molar-refractivity contribution is 7.08. The predicted molar refractivity (Wildman–Crippen MR) is 73.0 cm³/mol. The second-order valence-electron chi connectivity index (χ2n) is 4.84. The Kier molecular flexibility index (Phi) is 4.17. The van der Waals surface area contributed by atoms with Crippen LogP contribution in [0.15, 0.2) is 10.8 Å². The zero-order valence-corrected chi connectivity index (χ0v) is 11.8. The number of amides is 2. The Bertz CT molecular complexity index is 422. The zero-order valence-electron chi connectivity index (χ0n) is 10.9. The zero-order chi connectivity index (χ0) is 13.1. The van der Waals surface area contributed by atoms with Crippen molar-refractivity contribution in [2.45, 2.75) is 39.5 Å². The van der Waals surface area contributed by atoms with E-state index < -0.39 is 0 Å². The summed E-state index contributed by atoms with van der Waals surface area (Å²) in [6.07, 6.45) is 4.43. The molecule has 98 valence electrons. The lowest BCUT2D eigenvalue weighted by atomic mass is 9.99. The molecule has 0 spiro atoms. The third-order valence-corrected chi connectivity index (χ3v) is 4.34. The van der Waals surface area contributed by atoms with Crippen LogP contribution in [0, 0.1) is 5.92 Å². The van der Waals surface area contributed by atoms with Gasteiger partial charge in [0.2, 0.25) is 0 Å². The topological polar surface area (TPSA) is 37.4 Å². The van der Waals surface area contributed by atoms with Gasteiger partial charge in [0.25, 0.3) is 11.8 Å². The molecule has 0 bridgehead atoms. The molecule has 4 heteroatoms. The van der Waals surface area contributed by atoms with Crippen LogP contribution in [0.25, 0.3) is 0 Å². The van der Waals surface area contributed by atoms with Crippen molar-refractivity contribution >= 4 is 23.2 Å². The first-order valence-corrected chi connectivity index (χ1v) is 7.55. The van der Waals surface area contributed by atoms with Gasteiger partial charge in [0.15, 0.2) is 0 Å². The fourth-order valence-electron chi connectivity index (χ4n) is 2.35. The number of unbranched alkanes of at least 4 members (excludes halogenated alkanes) is 1. The molecule has 1 atom stereocenters. The summed E-state index contributed by atoms with van der Waals surface area (Å²) in [6.45, 7) is 4.87. The van der Waals surface area contributed by atoms with Crippen molar-refractivity contribution in [2.75, 3.05) is 6.54 Å². The molecule has 2 amide bonds. The third-order valence-electron chi connectivity index (χ3n) is 3.60. The Hall–Kier alpha value is -1.16. The van der Waals surface area contributed by atoms with Gasteiger partial charge in [-0.2, -0.15) is 11.3 Å². The predicted octanol–water partition coefficient (Wildman–Crippen LogP) is 3.56. The fourth-order valence-corrected chi connectivity index (χ4v) is 3.15. The van der Waals surface area contributed by atoms with Crippen molar-refractivity contribution in [2.24, 2.45) is 5.92 Å². The van der Waals surface area contributed by atoms with E-state index >= 15 is 0 Å². The summed E-state index contributed by atoms with van der Waals surface area (Å²) < 4.78 is 0. The fraction of sp³-hybridized carbons (Fsp3) is 0.571. The van der Waals surface area contributed by atoms with Crippen LogP contribution in [-0.2, 0) is 0 Å². The van der Waals surface area contributed by atoms with Gasteiger partial charge < -0.3 is 0 Å². The van der Waals surface area contributed by atoms with Gasteiger partial charge in [-0.25, -0.2) is 0 Å². The number of imide groups is 1. The van der Waals surface area contributed by atoms with E-state index in [0.717, 1.165) is 25.7 Å². The molecule has 0 fully saturated rings. The molecule has 1 aliphatic heterocycles. The van der Waals surface area contributed by atoms with Crippen LogP contribution in [0.5, 0.6) is 0 Å². The van der Waals surface area contributed by atoms with Crippen molar-refractivity contribution in [3.8, 4) is 0 Å². The maximum atomic E-state index is 12.1. The third kappa shape index (κ3) is 2.34. The summed E-state index contributed by atoms with van der Waals surface area (Å²) in [6, 6.07) is 0. The molecule has 0 saturated carbocycles. The Morgan fingerprint density at radius 1 is 1.17 bits per heavy atom. The molecule has 0 aromatic carbocycles. The quantitative estimate of drug-likeness (QED) is 0.737. The average molecular weight is 265 g/mol. The highest BCUT2D eigenvalue weighted by Crippen LogP contribution is 2.28. The number of carbonyl (C=O) groups is 2. The van der Waals surface area contributed by atoms with Crippen LogP contribution in [0.3, 0.4) is 0 Å². The van der Waals surface area contributed by atoms with Crippen LogP contribution in [-0.4, -0.2) is 23.3 Å². The second-order valence-corrected chi connectivity index (χ2v) is 5.58. The monoisotopic (exact) mass is 265 g/mol. The summed E-state index contributed by atoms with van der Waals surface area (Å²) >= 11 is 1.42. The van der Waals surface area contributed by atoms with Gasteiger partial charge in [0.1, 0.15) is 0 Å². The van der Waals surface area contributed by atoms with Crippen molar-refractivity contribution in [1.29, 1.82) is 0 Å². The number of nitrogens with zero attached hydrogens (tertiary/aromatic N) is 1. The summed E-state index contributed by atoms with van der Waals surface area (Å²) in [4.78, 5) is 25.6. The van der Waals surface area contributed by atoms with E-state index in [1.165, 1.54) is 16.2 Å². The first-order chi connectivity index (χ1) is 8.69. The molecule has 18 heavy (non-hydrogen) atoms. The summed E-state index contributed by atoms with van der Waals surface area (Å²) in [7, 11) is 0.